The van der Waals surface area contributed by atoms with Gasteiger partial charge < -0.3 is 34.2 Å². The molecule has 4 heterocycles. The number of fused-ring (bicyclic) bond motifs is 2. The van der Waals surface area contributed by atoms with Gasteiger partial charge in [-0.2, -0.15) is 18.2 Å². The first-order valence-corrected chi connectivity index (χ1v) is 14.5. The number of methoxy groups -OCH3 is 1. The van der Waals surface area contributed by atoms with E-state index in [0.717, 1.165) is 31.4 Å². The summed E-state index contributed by atoms with van der Waals surface area (Å²) in [5, 5.41) is 2.91. The summed E-state index contributed by atoms with van der Waals surface area (Å²) in [6, 6.07) is 9.95. The molecule has 1 aromatic heterocycles. The Labute approximate surface area is 256 Å². The minimum absolute atomic E-state index is 0.00776. The zero-order valence-corrected chi connectivity index (χ0v) is 24.9. The molecule has 3 aliphatic heterocycles. The highest BCUT2D eigenvalue weighted by molar-refractivity contribution is 6.03. The Morgan fingerprint density at radius 1 is 1.04 bits per heavy atom. The normalized spacial score (nSPS) is 22.4. The van der Waals surface area contributed by atoms with E-state index in [4.69, 9.17) is 14.2 Å². The smallest absolute Gasteiger partial charge is 0.423 e. The quantitative estimate of drug-likeness (QED) is 0.423. The van der Waals surface area contributed by atoms with E-state index in [1.165, 1.54) is 13.2 Å². The van der Waals surface area contributed by atoms with Gasteiger partial charge in [0.15, 0.2) is 0 Å². The zero-order valence-electron chi connectivity index (χ0n) is 24.9. The lowest BCUT2D eigenvalue weighted by molar-refractivity contribution is -0.139. The van der Waals surface area contributed by atoms with Gasteiger partial charge in [-0.3, -0.25) is 9.59 Å². The van der Waals surface area contributed by atoms with Crippen LogP contribution in [0.4, 0.5) is 30.5 Å². The van der Waals surface area contributed by atoms with E-state index in [2.05, 4.69) is 20.2 Å². The number of benzene rings is 2. The highest BCUT2D eigenvalue weighted by atomic mass is 19.4. The topological polar surface area (TPSA) is 109 Å². The second-order valence-corrected chi connectivity index (χ2v) is 12.0. The van der Waals surface area contributed by atoms with Crippen molar-refractivity contribution in [2.24, 2.45) is 0 Å². The maximum atomic E-state index is 14.0. The van der Waals surface area contributed by atoms with Crippen molar-refractivity contribution in [3.8, 4) is 17.4 Å². The molecule has 0 bridgehead atoms. The second-order valence-electron chi connectivity index (χ2n) is 12.0. The van der Waals surface area contributed by atoms with Crippen LogP contribution < -0.4 is 19.7 Å². The number of rotatable bonds is 6. The van der Waals surface area contributed by atoms with Crippen LogP contribution in [0.15, 0.2) is 42.6 Å². The van der Waals surface area contributed by atoms with Gasteiger partial charge in [-0.05, 0) is 50.1 Å². The van der Waals surface area contributed by atoms with Gasteiger partial charge in [-0.15, -0.1) is 0 Å². The molecule has 14 heteroatoms. The molecule has 45 heavy (non-hydrogen) atoms. The van der Waals surface area contributed by atoms with Crippen LogP contribution in [0.2, 0.25) is 0 Å². The number of ether oxygens (including phenoxy) is 3. The summed E-state index contributed by atoms with van der Waals surface area (Å²) in [4.78, 5) is 39.3. The lowest BCUT2D eigenvalue weighted by Crippen LogP contribution is -2.56. The molecule has 2 saturated heterocycles. The van der Waals surface area contributed by atoms with Crippen molar-refractivity contribution in [2.45, 2.75) is 36.6 Å². The van der Waals surface area contributed by atoms with Gasteiger partial charge in [-0.1, -0.05) is 12.1 Å². The fraction of sp³-hybridized carbons (Fsp3) is 0.419. The minimum Gasteiger partial charge on any atom is -0.494 e. The fourth-order valence-corrected chi connectivity index (χ4v) is 6.61. The summed E-state index contributed by atoms with van der Waals surface area (Å²) < 4.78 is 59.4. The Morgan fingerprint density at radius 2 is 1.84 bits per heavy atom. The first kappa shape index (κ1) is 29.3. The lowest BCUT2D eigenvalue weighted by atomic mass is 10.00. The molecule has 1 unspecified atom stereocenters. The average molecular weight is 625 g/mol. The lowest BCUT2D eigenvalue weighted by Gasteiger charge is -2.40. The number of amides is 2. The Bertz CT molecular complexity index is 1710. The van der Waals surface area contributed by atoms with Crippen molar-refractivity contribution in [2.75, 3.05) is 57.7 Å². The molecule has 2 aromatic carbocycles. The number of likely N-dealkylation sites (N-methyl/N-ethyl adjacent to an activating group) is 1. The van der Waals surface area contributed by atoms with Gasteiger partial charge in [0, 0.05) is 38.1 Å². The molecule has 7 rings (SSSR count). The first-order valence-electron chi connectivity index (χ1n) is 14.5. The van der Waals surface area contributed by atoms with Gasteiger partial charge in [0.25, 0.3) is 11.8 Å². The summed E-state index contributed by atoms with van der Waals surface area (Å²) >= 11 is 0. The van der Waals surface area contributed by atoms with E-state index in [9.17, 15) is 22.8 Å². The standard InChI is InChI=1S/C31H31F3N6O5/c1-38-12-11-29(16-38)17-40(24(41)15-44-29)18-7-8-21(23(13-18)43-3)36-28-35-14-20(31(32,33)34)26(37-28)45-22-6-4-5-19-25(22)27(42)39(2)30(19)9-10-30/h4-8,13-14H,9-12,15-17H2,1-3H3,(H,35,36,37). The molecule has 2 spiro atoms. The van der Waals surface area contributed by atoms with Crippen molar-refractivity contribution in [1.82, 2.24) is 19.8 Å². The number of nitrogens with one attached hydrogen (secondary N) is 1. The number of halogens is 3. The molecule has 0 radical (unpaired) electrons. The molecule has 3 aromatic rings. The molecule has 4 aliphatic rings. The number of likely N-dealkylation sites (tertiary alicyclic amines) is 1. The van der Waals surface area contributed by atoms with Crippen molar-refractivity contribution >= 4 is 29.1 Å². The predicted molar refractivity (Wildman–Crippen MR) is 156 cm³/mol. The van der Waals surface area contributed by atoms with Gasteiger partial charge in [-0.25, -0.2) is 4.98 Å². The second kappa shape index (κ2) is 10.3. The third-order valence-corrected chi connectivity index (χ3v) is 9.18. The van der Waals surface area contributed by atoms with E-state index in [1.54, 1.807) is 47.2 Å². The molecule has 2 amide bonds. The first-order chi connectivity index (χ1) is 21.4. The molecule has 1 atom stereocenters. The summed E-state index contributed by atoms with van der Waals surface area (Å²) in [7, 11) is 5.14. The van der Waals surface area contributed by atoms with Crippen LogP contribution in [0.5, 0.6) is 17.4 Å². The maximum absolute atomic E-state index is 14.0. The van der Waals surface area contributed by atoms with E-state index in [1.807, 2.05) is 7.05 Å². The summed E-state index contributed by atoms with van der Waals surface area (Å²) in [6.45, 7) is 1.93. The van der Waals surface area contributed by atoms with Crippen LogP contribution in [-0.4, -0.2) is 84.6 Å². The molecule has 1 saturated carbocycles. The Balaban J connectivity index is 1.18. The highest BCUT2D eigenvalue weighted by Crippen LogP contribution is 2.57. The van der Waals surface area contributed by atoms with Crippen LogP contribution in [0.25, 0.3) is 0 Å². The average Bonchev–Trinajstić information content (AvgIpc) is 3.70. The minimum atomic E-state index is -4.82. The number of aromatic nitrogens is 2. The van der Waals surface area contributed by atoms with E-state index >= 15 is 0 Å². The summed E-state index contributed by atoms with van der Waals surface area (Å²) in [5.41, 5.74) is -0.142. The Morgan fingerprint density at radius 3 is 2.53 bits per heavy atom. The van der Waals surface area contributed by atoms with Crippen LogP contribution in [-0.2, 0) is 21.2 Å². The van der Waals surface area contributed by atoms with Crippen LogP contribution in [0, 0.1) is 0 Å². The number of hydrogen-bond acceptors (Lipinski definition) is 9. The monoisotopic (exact) mass is 624 g/mol. The Hall–Kier alpha value is -4.43. The molecule has 1 N–H and O–H groups in total. The van der Waals surface area contributed by atoms with E-state index in [0.29, 0.717) is 36.4 Å². The fourth-order valence-electron chi connectivity index (χ4n) is 6.61. The predicted octanol–water partition coefficient (Wildman–Crippen LogP) is 4.55. The molecular formula is C31H31F3N6O5. The van der Waals surface area contributed by atoms with Crippen LogP contribution >= 0.6 is 0 Å². The molecule has 1 aliphatic carbocycles. The number of carbonyl (C=O) groups excluding carboxylic acids is 2. The number of morpholine rings is 1. The summed E-state index contributed by atoms with van der Waals surface area (Å²) in [6.07, 6.45) is -1.83. The van der Waals surface area contributed by atoms with Crippen molar-refractivity contribution in [1.29, 1.82) is 0 Å². The maximum Gasteiger partial charge on any atom is 0.423 e. The number of carbonyl (C=O) groups is 2. The van der Waals surface area contributed by atoms with Crippen LogP contribution in [0.1, 0.15) is 40.7 Å². The number of anilines is 3. The largest absolute Gasteiger partial charge is 0.494 e. The van der Waals surface area contributed by atoms with Crippen LogP contribution in [0.3, 0.4) is 0 Å². The third kappa shape index (κ3) is 4.92. The number of hydrogen-bond donors (Lipinski definition) is 1. The van der Waals surface area contributed by atoms with E-state index < -0.39 is 28.8 Å². The van der Waals surface area contributed by atoms with E-state index in [-0.39, 0.29) is 35.7 Å². The van der Waals surface area contributed by atoms with Gasteiger partial charge in [0.1, 0.15) is 29.3 Å². The third-order valence-electron chi connectivity index (χ3n) is 9.18. The molecule has 11 nitrogen and oxygen atoms in total. The summed E-state index contributed by atoms with van der Waals surface area (Å²) in [5.74, 6) is -1.12. The number of nitrogens with zero attached hydrogens (tertiary/aromatic N) is 5. The van der Waals surface area contributed by atoms with Gasteiger partial charge in [0.05, 0.1) is 30.4 Å². The Kier molecular flexibility index (Phi) is 6.71. The van der Waals surface area contributed by atoms with Gasteiger partial charge in [0.2, 0.25) is 11.8 Å². The van der Waals surface area contributed by atoms with Crippen molar-refractivity contribution in [3.63, 3.8) is 0 Å². The highest BCUT2D eigenvalue weighted by Gasteiger charge is 2.57. The number of alkyl halides is 3. The molecule has 236 valence electrons. The zero-order chi connectivity index (χ0) is 31.7. The van der Waals surface area contributed by atoms with Crippen molar-refractivity contribution < 1.29 is 37.0 Å². The van der Waals surface area contributed by atoms with Crippen molar-refractivity contribution in [3.05, 3.63) is 59.3 Å². The molecular weight excluding hydrogens is 593 g/mol. The SMILES string of the molecule is COc1cc(N2CC3(CCN(C)C3)OCC2=O)ccc1Nc1ncc(C(F)(F)F)c(Oc2cccc3c2C(=O)N(C)C32CC2)n1. The van der Waals surface area contributed by atoms with Gasteiger partial charge >= 0.3 is 6.18 Å². The molecule has 3 fully saturated rings.